The molecule has 21 heavy (non-hydrogen) atoms. The summed E-state index contributed by atoms with van der Waals surface area (Å²) in [5.41, 5.74) is -0.225. The fraction of sp³-hybridized carbons (Fsp3) is 0.533. The largest absolute Gasteiger partial charge is 0.539 e. The average Bonchev–Trinajstić information content (AvgIpc) is 2.31. The highest BCUT2D eigenvalue weighted by molar-refractivity contribution is 7.84. The molecule has 4 nitrogen and oxygen atoms in total. The topological polar surface area (TPSA) is 56.5 Å². The highest BCUT2D eigenvalue weighted by Gasteiger charge is 2.39. The minimum atomic E-state index is -2.07. The van der Waals surface area contributed by atoms with Crippen LogP contribution in [-0.2, 0) is 16.6 Å². The monoisotopic (exact) mass is 328 g/mol. The van der Waals surface area contributed by atoms with Gasteiger partial charge in [0.15, 0.2) is 5.75 Å². The van der Waals surface area contributed by atoms with Crippen LogP contribution in [0.3, 0.4) is 0 Å². The summed E-state index contributed by atoms with van der Waals surface area (Å²) < 4.78 is 23.0. The zero-order valence-electron chi connectivity index (χ0n) is 13.4. The summed E-state index contributed by atoms with van der Waals surface area (Å²) >= 11 is 0. The van der Waals surface area contributed by atoms with Crippen molar-refractivity contribution < 1.29 is 13.1 Å². The summed E-state index contributed by atoms with van der Waals surface area (Å²) in [6.07, 6.45) is 2.92. The molecule has 0 spiro atoms. The number of hydrogen-bond donors (Lipinski definition) is 0. The molecule has 0 radical (unpaired) electrons. The minimum absolute atomic E-state index is 0.00354. The minimum Gasteiger partial charge on any atom is -0.539 e. The maximum atomic E-state index is 12.1. The molecule has 1 heterocycles. The number of hydrogen-bond acceptors (Lipinski definition) is 4. The van der Waals surface area contributed by atoms with Gasteiger partial charge in [0, 0.05) is 22.6 Å². The van der Waals surface area contributed by atoms with Crippen LogP contribution in [0.5, 0.6) is 5.75 Å². The zero-order valence-corrected chi connectivity index (χ0v) is 15.2. The van der Waals surface area contributed by atoms with Crippen molar-refractivity contribution in [3.63, 3.8) is 0 Å². The molecular formula is C15H24O4SSi. The van der Waals surface area contributed by atoms with E-state index < -0.39 is 19.1 Å². The molecule has 0 amide bonds. The third-order valence-electron chi connectivity index (χ3n) is 3.63. The first-order valence-corrected chi connectivity index (χ1v) is 11.2. The van der Waals surface area contributed by atoms with Gasteiger partial charge in [-0.3, -0.25) is 9.00 Å². The lowest BCUT2D eigenvalue weighted by Gasteiger charge is -2.35. The van der Waals surface area contributed by atoms with E-state index in [4.69, 9.17) is 8.84 Å². The summed E-state index contributed by atoms with van der Waals surface area (Å²) in [5.74, 6) is 1.23. The normalized spacial score (nSPS) is 13.8. The lowest BCUT2D eigenvalue weighted by atomic mass is 10.2. The highest BCUT2D eigenvalue weighted by Crippen LogP contribution is 2.36. The van der Waals surface area contributed by atoms with Crippen molar-refractivity contribution in [1.29, 1.82) is 0 Å². The quantitative estimate of drug-likeness (QED) is 0.593. The molecule has 0 aliphatic rings. The van der Waals surface area contributed by atoms with E-state index in [1.807, 2.05) is 0 Å². The van der Waals surface area contributed by atoms with Gasteiger partial charge < -0.3 is 8.84 Å². The Hall–Kier alpha value is -1.14. The SMILES string of the molecule is C=CCS(=O)Cc1cc(=O)c(O[Si](C)(C)C(C)(C)C)co1. The molecule has 1 aromatic rings. The third-order valence-corrected chi connectivity index (χ3v) is 9.19. The van der Waals surface area contributed by atoms with Gasteiger partial charge in [-0.2, -0.15) is 0 Å². The van der Waals surface area contributed by atoms with Crippen molar-refractivity contribution in [1.82, 2.24) is 0 Å². The summed E-state index contributed by atoms with van der Waals surface area (Å²) in [7, 11) is -3.17. The molecular weight excluding hydrogens is 304 g/mol. The van der Waals surface area contributed by atoms with E-state index in [1.165, 1.54) is 12.3 Å². The molecule has 0 fully saturated rings. The van der Waals surface area contributed by atoms with Gasteiger partial charge in [-0.25, -0.2) is 0 Å². The Labute approximate surface area is 129 Å². The molecule has 0 aliphatic heterocycles. The van der Waals surface area contributed by atoms with Crippen LogP contribution < -0.4 is 9.85 Å². The van der Waals surface area contributed by atoms with Gasteiger partial charge in [-0.05, 0) is 18.1 Å². The van der Waals surface area contributed by atoms with Gasteiger partial charge in [-0.1, -0.05) is 26.8 Å². The second kappa shape index (κ2) is 6.75. The maximum absolute atomic E-state index is 12.1. The van der Waals surface area contributed by atoms with E-state index in [1.54, 1.807) is 6.08 Å². The first kappa shape index (κ1) is 17.9. The van der Waals surface area contributed by atoms with Gasteiger partial charge in [0.2, 0.25) is 5.43 Å². The van der Waals surface area contributed by atoms with E-state index in [2.05, 4.69) is 40.4 Å². The predicted molar refractivity (Wildman–Crippen MR) is 89.7 cm³/mol. The van der Waals surface area contributed by atoms with E-state index in [0.29, 0.717) is 11.5 Å². The maximum Gasteiger partial charge on any atom is 0.250 e. The van der Waals surface area contributed by atoms with Crippen molar-refractivity contribution in [3.05, 3.63) is 41.0 Å². The average molecular weight is 329 g/mol. The van der Waals surface area contributed by atoms with Crippen molar-refractivity contribution in [2.75, 3.05) is 5.75 Å². The molecule has 0 saturated carbocycles. The Bertz CT molecular complexity index is 584. The molecule has 1 atom stereocenters. The van der Waals surface area contributed by atoms with Crippen LogP contribution in [0, 0.1) is 0 Å². The van der Waals surface area contributed by atoms with Crippen LogP contribution >= 0.6 is 0 Å². The van der Waals surface area contributed by atoms with Crippen LogP contribution in [0.25, 0.3) is 0 Å². The molecule has 6 heteroatoms. The smallest absolute Gasteiger partial charge is 0.250 e. The third kappa shape index (κ3) is 4.96. The Morgan fingerprint density at radius 3 is 2.52 bits per heavy atom. The highest BCUT2D eigenvalue weighted by atomic mass is 32.2. The van der Waals surface area contributed by atoms with Crippen molar-refractivity contribution >= 4 is 19.1 Å². The van der Waals surface area contributed by atoms with Crippen LogP contribution in [-0.4, -0.2) is 18.3 Å². The lowest BCUT2D eigenvalue weighted by Crippen LogP contribution is -2.44. The van der Waals surface area contributed by atoms with Crippen LogP contribution in [0.1, 0.15) is 26.5 Å². The Morgan fingerprint density at radius 1 is 1.43 bits per heavy atom. The first-order chi connectivity index (χ1) is 9.56. The van der Waals surface area contributed by atoms with E-state index in [0.717, 1.165) is 0 Å². The van der Waals surface area contributed by atoms with Crippen LogP contribution in [0.15, 0.2) is 34.2 Å². The van der Waals surface area contributed by atoms with Gasteiger partial charge in [-0.15, -0.1) is 6.58 Å². The first-order valence-electron chi connectivity index (χ1n) is 6.83. The molecule has 0 aromatic carbocycles. The predicted octanol–water partition coefficient (Wildman–Crippen LogP) is 3.46. The van der Waals surface area contributed by atoms with Gasteiger partial charge in [0.25, 0.3) is 8.32 Å². The number of rotatable bonds is 6. The summed E-state index contributed by atoms with van der Waals surface area (Å²) in [5, 5.41) is 0.00354. The van der Waals surface area contributed by atoms with Crippen molar-refractivity contribution in [2.24, 2.45) is 0 Å². The second-order valence-corrected chi connectivity index (χ2v) is 12.7. The van der Waals surface area contributed by atoms with E-state index >= 15 is 0 Å². The molecule has 0 aliphatic carbocycles. The Balaban J connectivity index is 2.92. The zero-order chi connectivity index (χ0) is 16.3. The molecule has 118 valence electrons. The standard InChI is InChI=1S/C15H24O4SSi/c1-7-8-20(17)11-12-9-13(16)14(10-18-12)19-21(5,6)15(2,3)4/h7,9-10H,1,8,11H2,2-6H3. The summed E-state index contributed by atoms with van der Waals surface area (Å²) in [6, 6.07) is 1.36. The molecule has 0 bridgehead atoms. The fourth-order valence-corrected chi connectivity index (χ4v) is 3.22. The molecule has 0 saturated heterocycles. The van der Waals surface area contributed by atoms with Crippen LogP contribution in [0.2, 0.25) is 18.1 Å². The van der Waals surface area contributed by atoms with E-state index in [9.17, 15) is 9.00 Å². The van der Waals surface area contributed by atoms with Gasteiger partial charge >= 0.3 is 0 Å². The van der Waals surface area contributed by atoms with Gasteiger partial charge in [0.1, 0.15) is 12.0 Å². The Morgan fingerprint density at radius 2 is 2.05 bits per heavy atom. The second-order valence-electron chi connectivity index (χ2n) is 6.48. The van der Waals surface area contributed by atoms with Gasteiger partial charge in [0.05, 0.1) is 5.75 Å². The van der Waals surface area contributed by atoms with Crippen LogP contribution in [0.4, 0.5) is 0 Å². The lowest BCUT2D eigenvalue weighted by molar-refractivity contribution is 0.439. The molecule has 1 rings (SSSR count). The van der Waals surface area contributed by atoms with Crippen molar-refractivity contribution in [3.8, 4) is 5.75 Å². The van der Waals surface area contributed by atoms with E-state index in [-0.39, 0.29) is 22.0 Å². The molecule has 1 unspecified atom stereocenters. The fourth-order valence-electron chi connectivity index (χ4n) is 1.37. The molecule has 0 N–H and O–H groups in total. The Kier molecular flexibility index (Phi) is 5.75. The van der Waals surface area contributed by atoms with Crippen molar-refractivity contribution in [2.45, 2.75) is 44.7 Å². The summed E-state index contributed by atoms with van der Waals surface area (Å²) in [4.78, 5) is 12.1. The summed E-state index contributed by atoms with van der Waals surface area (Å²) in [6.45, 7) is 14.0. The molecule has 1 aromatic heterocycles.